The molecule has 0 aliphatic carbocycles. The van der Waals surface area contributed by atoms with Crippen LogP contribution >= 0.6 is 0 Å². The van der Waals surface area contributed by atoms with Crippen LogP contribution in [0.15, 0.2) is 36.4 Å². The van der Waals surface area contributed by atoms with Crippen LogP contribution in [0.4, 0.5) is 0 Å². The average molecular weight is 796 g/mol. The van der Waals surface area contributed by atoms with E-state index in [4.69, 9.17) is 29.2 Å². The summed E-state index contributed by atoms with van der Waals surface area (Å²) in [5.41, 5.74) is -0.507. The van der Waals surface area contributed by atoms with Crippen molar-refractivity contribution in [1.29, 1.82) is 0 Å². The molecule has 0 fully saturated rings. The summed E-state index contributed by atoms with van der Waals surface area (Å²) < 4.78 is 22.2. The molecule has 2 rings (SSSR count). The van der Waals surface area contributed by atoms with Gasteiger partial charge in [0.05, 0.1) is 24.3 Å². The van der Waals surface area contributed by atoms with Crippen molar-refractivity contribution in [2.45, 2.75) is 169 Å². The summed E-state index contributed by atoms with van der Waals surface area (Å²) in [5.74, 6) is -2.92. The Labute approximate surface area is 331 Å². The van der Waals surface area contributed by atoms with Crippen LogP contribution in [0.25, 0.3) is 0 Å². The van der Waals surface area contributed by atoms with Gasteiger partial charge in [0.15, 0.2) is 12.6 Å². The van der Waals surface area contributed by atoms with Gasteiger partial charge in [-0.05, 0) is 63.1 Å². The Hall–Kier alpha value is -2.88. The maximum atomic E-state index is 11.6. The topological polar surface area (TPSA) is 158 Å². The molecule has 2 unspecified atom stereocenters. The van der Waals surface area contributed by atoms with Gasteiger partial charge in [-0.1, -0.05) is 141 Å². The van der Waals surface area contributed by atoms with Gasteiger partial charge in [0.25, 0.3) is 0 Å². The van der Waals surface area contributed by atoms with Gasteiger partial charge in [-0.3, -0.25) is 0 Å². The van der Waals surface area contributed by atoms with Crippen LogP contribution in [0.2, 0.25) is 0 Å². The van der Waals surface area contributed by atoms with Crippen LogP contribution in [-0.2, 0) is 29.0 Å². The van der Waals surface area contributed by atoms with E-state index in [1.165, 1.54) is 139 Å². The summed E-state index contributed by atoms with van der Waals surface area (Å²) in [6.07, 6.45) is 24.6. The summed E-state index contributed by atoms with van der Waals surface area (Å²) in [4.78, 5) is 21.6. The first-order valence-corrected chi connectivity index (χ1v) is 19.7. The SMILES string of the molecule is CCCCCCCCCCCCOC(C)Oc1ccc(C(=O)O)c([O-])c1.CCCCCCCCCCCCOC(C)Oc1ccc(C(=O)O)c([O-])c1.[Zn+2]. The second kappa shape index (κ2) is 32.5. The number of benzene rings is 2. The number of hydrogen-bond donors (Lipinski definition) is 2. The zero-order valence-electron chi connectivity index (χ0n) is 33.0. The van der Waals surface area contributed by atoms with E-state index >= 15 is 0 Å². The zero-order valence-corrected chi connectivity index (χ0v) is 36.0. The molecule has 0 bridgehead atoms. The number of carboxylic acid groups (broad SMARTS) is 2. The molecule has 0 aliphatic heterocycles. The van der Waals surface area contributed by atoms with Gasteiger partial charge < -0.3 is 39.4 Å². The van der Waals surface area contributed by atoms with Crippen LogP contribution in [0.1, 0.15) is 177 Å². The Kier molecular flexibility index (Phi) is 30.8. The van der Waals surface area contributed by atoms with E-state index in [2.05, 4.69) is 13.8 Å². The predicted molar refractivity (Wildman–Crippen MR) is 201 cm³/mol. The third kappa shape index (κ3) is 25.7. The minimum atomic E-state index is -1.23. The predicted octanol–water partition coefficient (Wildman–Crippen LogP) is 10.2. The fourth-order valence-electron chi connectivity index (χ4n) is 5.63. The Bertz CT molecular complexity index is 1130. The minimum Gasteiger partial charge on any atom is -0.872 e. The van der Waals surface area contributed by atoms with Crippen molar-refractivity contribution in [3.8, 4) is 23.0 Å². The van der Waals surface area contributed by atoms with E-state index in [1.807, 2.05) is 0 Å². The number of aromatic carboxylic acids is 2. The van der Waals surface area contributed by atoms with Gasteiger partial charge in [-0.15, -0.1) is 0 Å². The summed E-state index contributed by atoms with van der Waals surface area (Å²) >= 11 is 0. The molecule has 10 nitrogen and oxygen atoms in total. The van der Waals surface area contributed by atoms with E-state index in [1.54, 1.807) is 13.8 Å². The fourth-order valence-corrected chi connectivity index (χ4v) is 5.63. The summed E-state index contributed by atoms with van der Waals surface area (Å²) in [7, 11) is 0. The molecule has 0 heterocycles. The van der Waals surface area contributed by atoms with E-state index in [-0.39, 0.29) is 30.6 Å². The third-order valence-corrected chi connectivity index (χ3v) is 8.67. The summed E-state index contributed by atoms with van der Waals surface area (Å²) in [5, 5.41) is 40.9. The van der Waals surface area contributed by atoms with Crippen LogP contribution in [0, 0.1) is 0 Å². The van der Waals surface area contributed by atoms with Crippen LogP contribution in [0.3, 0.4) is 0 Å². The van der Waals surface area contributed by atoms with Crippen molar-refractivity contribution in [2.24, 2.45) is 0 Å². The Balaban J connectivity index is 0.00000100. The monoisotopic (exact) mass is 794 g/mol. The molecule has 53 heavy (non-hydrogen) atoms. The summed E-state index contributed by atoms with van der Waals surface area (Å²) in [6, 6.07) is 7.84. The van der Waals surface area contributed by atoms with Gasteiger partial charge in [0.2, 0.25) is 0 Å². The second-order valence-electron chi connectivity index (χ2n) is 13.4. The van der Waals surface area contributed by atoms with Gasteiger partial charge in [0.1, 0.15) is 11.5 Å². The van der Waals surface area contributed by atoms with Crippen molar-refractivity contribution < 1.29 is 68.4 Å². The van der Waals surface area contributed by atoms with Crippen molar-refractivity contribution >= 4 is 11.9 Å². The number of ether oxygens (including phenoxy) is 4. The molecular weight excluding hydrogens is 730 g/mol. The first-order chi connectivity index (χ1) is 25.1. The standard InChI is InChI=1S/2C21H34O5.Zn/c2*1-3-4-5-6-7-8-9-10-11-12-15-25-17(2)26-18-13-14-19(21(23)24)20(22)16-18;/h2*13-14,16-17,22H,3-12,15H2,1-2H3,(H,23,24);/q;;+2/p-2. The molecule has 0 aliphatic rings. The fraction of sp³-hybridized carbons (Fsp3) is 0.667. The van der Waals surface area contributed by atoms with Crippen LogP contribution < -0.4 is 19.7 Å². The first-order valence-electron chi connectivity index (χ1n) is 19.7. The van der Waals surface area contributed by atoms with Gasteiger partial charge in [0, 0.05) is 0 Å². The maximum Gasteiger partial charge on any atom is 2.00 e. The molecule has 296 valence electrons. The molecule has 2 aromatic carbocycles. The third-order valence-electron chi connectivity index (χ3n) is 8.67. The molecule has 2 aromatic rings. The van der Waals surface area contributed by atoms with E-state index in [9.17, 15) is 19.8 Å². The molecule has 0 radical (unpaired) electrons. The van der Waals surface area contributed by atoms with Gasteiger partial charge in [-0.2, -0.15) is 0 Å². The van der Waals surface area contributed by atoms with Gasteiger partial charge in [-0.25, -0.2) is 9.59 Å². The van der Waals surface area contributed by atoms with E-state index in [0.29, 0.717) is 24.7 Å². The average Bonchev–Trinajstić information content (AvgIpc) is 3.09. The number of rotatable bonds is 30. The normalized spacial score (nSPS) is 11.8. The molecule has 0 aromatic heterocycles. The maximum absolute atomic E-state index is 11.6. The smallest absolute Gasteiger partial charge is 0.872 e. The Morgan fingerprint density at radius 2 is 0.811 bits per heavy atom. The van der Waals surface area contributed by atoms with Gasteiger partial charge >= 0.3 is 31.4 Å². The Morgan fingerprint density at radius 3 is 1.08 bits per heavy atom. The zero-order chi connectivity index (χ0) is 38.4. The molecule has 0 saturated carbocycles. The number of unbranched alkanes of at least 4 members (excludes halogenated alkanes) is 18. The summed E-state index contributed by atoms with van der Waals surface area (Å²) in [6.45, 7) is 9.26. The van der Waals surface area contributed by atoms with Crippen molar-refractivity contribution in [3.63, 3.8) is 0 Å². The van der Waals surface area contributed by atoms with Crippen molar-refractivity contribution in [3.05, 3.63) is 47.5 Å². The molecule has 2 N–H and O–H groups in total. The van der Waals surface area contributed by atoms with Crippen molar-refractivity contribution in [1.82, 2.24) is 0 Å². The number of hydrogen-bond acceptors (Lipinski definition) is 8. The van der Waals surface area contributed by atoms with E-state index in [0.717, 1.165) is 25.7 Å². The minimum absolute atomic E-state index is 0. The molecule has 11 heteroatoms. The molecule has 0 saturated heterocycles. The van der Waals surface area contributed by atoms with Crippen molar-refractivity contribution in [2.75, 3.05) is 13.2 Å². The molecule has 0 amide bonds. The molecular formula is C42H66O10Zn. The number of carboxylic acids is 2. The first kappa shape index (κ1) is 50.1. The van der Waals surface area contributed by atoms with E-state index < -0.39 is 36.0 Å². The number of carbonyl (C=O) groups is 2. The van der Waals surface area contributed by atoms with Crippen LogP contribution in [0.5, 0.6) is 23.0 Å². The van der Waals surface area contributed by atoms with Crippen LogP contribution in [-0.4, -0.2) is 47.9 Å². The molecule has 2 atom stereocenters. The largest absolute Gasteiger partial charge is 2.00 e. The Morgan fingerprint density at radius 1 is 0.528 bits per heavy atom. The molecule has 0 spiro atoms. The quantitative estimate of drug-likeness (QED) is 0.0443. The second-order valence-corrected chi connectivity index (χ2v) is 13.4.